The van der Waals surface area contributed by atoms with E-state index in [1.807, 2.05) is 63.4 Å². The van der Waals surface area contributed by atoms with Gasteiger partial charge in [-0.2, -0.15) is 0 Å². The minimum absolute atomic E-state index is 0.162. The van der Waals surface area contributed by atoms with Crippen LogP contribution in [0.15, 0.2) is 46.6 Å². The van der Waals surface area contributed by atoms with Gasteiger partial charge in [-0.05, 0) is 49.8 Å². The van der Waals surface area contributed by atoms with Crippen LogP contribution in [0.25, 0.3) is 32.1 Å². The lowest BCUT2D eigenvalue weighted by Gasteiger charge is -2.23. The van der Waals surface area contributed by atoms with Crippen LogP contribution < -0.4 is 15.6 Å². The number of carbonyl (C=O) groups is 1. The van der Waals surface area contributed by atoms with Gasteiger partial charge >= 0.3 is 6.09 Å². The van der Waals surface area contributed by atoms with Crippen LogP contribution in [0.4, 0.5) is 4.79 Å². The largest absolute Gasteiger partial charge is 0.496 e. The van der Waals surface area contributed by atoms with Crippen LogP contribution in [0, 0.1) is 0 Å². The Labute approximate surface area is 206 Å². The minimum Gasteiger partial charge on any atom is -0.496 e. The number of thiophene rings is 1. The molecule has 0 saturated carbocycles. The first kappa shape index (κ1) is 24.1. The van der Waals surface area contributed by atoms with Gasteiger partial charge in [0.15, 0.2) is 0 Å². The molecule has 6 nitrogen and oxygen atoms in total. The van der Waals surface area contributed by atoms with E-state index in [9.17, 15) is 9.59 Å². The third kappa shape index (κ3) is 4.63. The smallest absolute Gasteiger partial charge is 0.408 e. The second kappa shape index (κ2) is 9.31. The fourth-order valence-corrected chi connectivity index (χ4v) is 5.11. The lowest BCUT2D eigenvalue weighted by atomic mass is 9.95. The van der Waals surface area contributed by atoms with Gasteiger partial charge < -0.3 is 19.8 Å². The van der Waals surface area contributed by atoms with Gasteiger partial charge in [0.2, 0.25) is 0 Å². The highest BCUT2D eigenvalue weighted by molar-refractivity contribution is 7.17. The number of aromatic nitrogens is 1. The summed E-state index contributed by atoms with van der Waals surface area (Å²) in [5.74, 6) is 0.615. The van der Waals surface area contributed by atoms with Gasteiger partial charge in [-0.3, -0.25) is 4.79 Å². The first-order chi connectivity index (χ1) is 16.1. The molecule has 1 amide bonds. The van der Waals surface area contributed by atoms with Gasteiger partial charge in [-0.1, -0.05) is 42.8 Å². The fourth-order valence-electron chi connectivity index (χ4n) is 4.07. The molecule has 4 rings (SSSR count). The first-order valence-electron chi connectivity index (χ1n) is 11.0. The molecular formula is C26H27ClN2O4S. The van der Waals surface area contributed by atoms with E-state index in [-0.39, 0.29) is 11.6 Å². The molecule has 0 spiro atoms. The summed E-state index contributed by atoms with van der Waals surface area (Å²) < 4.78 is 11.7. The number of amides is 1. The van der Waals surface area contributed by atoms with E-state index in [1.165, 1.54) is 11.3 Å². The van der Waals surface area contributed by atoms with Crippen LogP contribution in [0.2, 0.25) is 5.02 Å². The van der Waals surface area contributed by atoms with Crippen molar-refractivity contribution in [2.24, 2.45) is 0 Å². The maximum absolute atomic E-state index is 12.6. The van der Waals surface area contributed by atoms with Crippen molar-refractivity contribution in [3.8, 4) is 16.9 Å². The van der Waals surface area contributed by atoms with E-state index >= 15 is 0 Å². The summed E-state index contributed by atoms with van der Waals surface area (Å²) in [6.45, 7) is 7.52. The number of hydrogen-bond acceptors (Lipinski definition) is 5. The number of H-pyrrole nitrogens is 1. The van der Waals surface area contributed by atoms with Gasteiger partial charge in [0.25, 0.3) is 5.56 Å². The molecule has 8 heteroatoms. The lowest BCUT2D eigenvalue weighted by Crippen LogP contribution is -2.34. The number of benzene rings is 2. The van der Waals surface area contributed by atoms with Crippen LogP contribution in [-0.4, -0.2) is 23.8 Å². The zero-order valence-electron chi connectivity index (χ0n) is 19.7. The molecular weight excluding hydrogens is 472 g/mol. The topological polar surface area (TPSA) is 80.4 Å². The maximum atomic E-state index is 12.6. The minimum atomic E-state index is -0.563. The number of methoxy groups -OCH3 is 1. The van der Waals surface area contributed by atoms with Crippen LogP contribution in [0.5, 0.6) is 5.75 Å². The molecule has 2 aromatic heterocycles. The molecule has 4 aromatic rings. The molecule has 0 unspecified atom stereocenters. The Bertz CT molecular complexity index is 1420. The van der Waals surface area contributed by atoms with Gasteiger partial charge in [-0.25, -0.2) is 4.79 Å². The van der Waals surface area contributed by atoms with Crippen LogP contribution in [-0.2, 0) is 4.74 Å². The van der Waals surface area contributed by atoms with E-state index < -0.39 is 11.7 Å². The highest BCUT2D eigenvalue weighted by atomic mass is 35.5. The average molecular weight is 499 g/mol. The van der Waals surface area contributed by atoms with E-state index in [0.29, 0.717) is 27.4 Å². The van der Waals surface area contributed by atoms with E-state index in [4.69, 9.17) is 21.1 Å². The van der Waals surface area contributed by atoms with E-state index in [2.05, 4.69) is 10.3 Å². The van der Waals surface area contributed by atoms with Crippen molar-refractivity contribution in [3.05, 3.63) is 62.7 Å². The molecule has 2 aromatic carbocycles. The molecule has 2 N–H and O–H groups in total. The molecule has 2 heterocycles. The maximum Gasteiger partial charge on any atom is 0.408 e. The molecule has 1 atom stereocenters. The highest BCUT2D eigenvalue weighted by Crippen LogP contribution is 2.43. The Morgan fingerprint density at radius 2 is 1.91 bits per heavy atom. The summed E-state index contributed by atoms with van der Waals surface area (Å²) in [5.41, 5.74) is 2.57. The predicted molar refractivity (Wildman–Crippen MR) is 139 cm³/mol. The van der Waals surface area contributed by atoms with Gasteiger partial charge in [0, 0.05) is 22.4 Å². The number of alkyl carbamates (subject to hydrolysis) is 1. The van der Waals surface area contributed by atoms with E-state index in [1.54, 1.807) is 13.2 Å². The molecule has 34 heavy (non-hydrogen) atoms. The molecule has 0 fully saturated rings. The van der Waals surface area contributed by atoms with Crippen molar-refractivity contribution in [1.82, 2.24) is 10.3 Å². The molecule has 0 aliphatic rings. The monoisotopic (exact) mass is 498 g/mol. The third-order valence-electron chi connectivity index (χ3n) is 5.54. The Balaban J connectivity index is 1.80. The molecule has 0 aliphatic heterocycles. The number of ether oxygens (including phenoxy) is 2. The number of hydrogen-bond donors (Lipinski definition) is 2. The van der Waals surface area contributed by atoms with Crippen LogP contribution >= 0.6 is 22.9 Å². The average Bonchev–Trinajstić information content (AvgIpc) is 3.28. The molecule has 0 radical (unpaired) electrons. The van der Waals surface area contributed by atoms with Crippen molar-refractivity contribution in [3.63, 3.8) is 0 Å². The van der Waals surface area contributed by atoms with Crippen LogP contribution in [0.1, 0.15) is 45.7 Å². The molecule has 178 valence electrons. The van der Waals surface area contributed by atoms with Crippen molar-refractivity contribution in [2.45, 2.75) is 45.8 Å². The summed E-state index contributed by atoms with van der Waals surface area (Å²) in [5, 5.41) is 6.94. The van der Waals surface area contributed by atoms with Crippen molar-refractivity contribution < 1.29 is 14.3 Å². The standard InChI is InChI=1S/C26H27ClN2O4S/c1-6-18(28-25(31)33-26(2,3)4)14-7-9-15(10-8-14)20-19(32-5)13-17(27)22-21(20)16-11-12-34-23(16)24(30)29-22/h7-13,18H,6H2,1-5H3,(H,28,31)(H,29,30)/t18-/m1/s1. The zero-order valence-corrected chi connectivity index (χ0v) is 21.3. The highest BCUT2D eigenvalue weighted by Gasteiger charge is 2.21. The normalized spacial score (nSPS) is 12.6. The van der Waals surface area contributed by atoms with Crippen molar-refractivity contribution in [1.29, 1.82) is 0 Å². The number of halogens is 1. The summed E-state index contributed by atoms with van der Waals surface area (Å²) in [4.78, 5) is 27.8. The predicted octanol–water partition coefficient (Wildman–Crippen LogP) is 7.05. The fraction of sp³-hybridized carbons (Fsp3) is 0.308. The summed E-state index contributed by atoms with van der Waals surface area (Å²) in [7, 11) is 1.60. The Morgan fingerprint density at radius 3 is 2.53 bits per heavy atom. The number of carbonyl (C=O) groups excluding carboxylic acids is 1. The van der Waals surface area contributed by atoms with Gasteiger partial charge in [0.05, 0.1) is 23.7 Å². The summed E-state index contributed by atoms with van der Waals surface area (Å²) in [6, 6.07) is 11.4. The number of nitrogens with one attached hydrogen (secondary N) is 2. The summed E-state index contributed by atoms with van der Waals surface area (Å²) >= 11 is 7.91. The zero-order chi connectivity index (χ0) is 24.6. The molecule has 0 bridgehead atoms. The SMILES string of the molecule is CC[C@@H](NC(=O)OC(C)(C)C)c1ccc(-c2c(OC)cc(Cl)c3[nH]c(=O)c4sccc4c23)cc1. The van der Waals surface area contributed by atoms with E-state index in [0.717, 1.165) is 27.5 Å². The Morgan fingerprint density at radius 1 is 1.21 bits per heavy atom. The van der Waals surface area contributed by atoms with Crippen molar-refractivity contribution >= 4 is 50.0 Å². The lowest BCUT2D eigenvalue weighted by molar-refractivity contribution is 0.0502. The third-order valence-corrected chi connectivity index (χ3v) is 6.75. The number of fused-ring (bicyclic) bond motifs is 3. The van der Waals surface area contributed by atoms with Gasteiger partial charge in [0.1, 0.15) is 16.1 Å². The Kier molecular flexibility index (Phi) is 6.60. The molecule has 0 saturated heterocycles. The van der Waals surface area contributed by atoms with Crippen LogP contribution in [0.3, 0.4) is 0 Å². The van der Waals surface area contributed by atoms with Crippen molar-refractivity contribution in [2.75, 3.05) is 7.11 Å². The second-order valence-electron chi connectivity index (χ2n) is 9.03. The Hall–Kier alpha value is -3.03. The number of rotatable bonds is 5. The summed E-state index contributed by atoms with van der Waals surface area (Å²) in [6.07, 6.45) is 0.264. The second-order valence-corrected chi connectivity index (χ2v) is 10.4. The molecule has 0 aliphatic carbocycles. The number of aromatic amines is 1. The first-order valence-corrected chi connectivity index (χ1v) is 12.3. The van der Waals surface area contributed by atoms with Gasteiger partial charge in [-0.15, -0.1) is 11.3 Å². The number of pyridine rings is 1. The quantitative estimate of drug-likeness (QED) is 0.309.